The fourth-order valence-electron chi connectivity index (χ4n) is 4.52. The van der Waals surface area contributed by atoms with Crippen LogP contribution in [0.25, 0.3) is 0 Å². The Labute approximate surface area is 192 Å². The summed E-state index contributed by atoms with van der Waals surface area (Å²) in [7, 11) is -3.04. The molecule has 33 heavy (non-hydrogen) atoms. The number of anilines is 1. The zero-order chi connectivity index (χ0) is 23.6. The fraction of sp³-hybridized carbons (Fsp3) is 0.417. The van der Waals surface area contributed by atoms with Crippen molar-refractivity contribution in [3.05, 3.63) is 58.9 Å². The number of ether oxygens (including phenoxy) is 1. The average molecular weight is 476 g/mol. The second-order valence-electron chi connectivity index (χ2n) is 8.63. The minimum Gasteiger partial charge on any atom is -0.489 e. The van der Waals surface area contributed by atoms with E-state index < -0.39 is 21.6 Å². The Morgan fingerprint density at radius 1 is 1.18 bits per heavy atom. The van der Waals surface area contributed by atoms with Crippen LogP contribution in [-0.4, -0.2) is 43.5 Å². The molecule has 1 fully saturated rings. The second-order valence-corrected chi connectivity index (χ2v) is 10.9. The van der Waals surface area contributed by atoms with Gasteiger partial charge in [0.2, 0.25) is 5.91 Å². The van der Waals surface area contributed by atoms with E-state index in [1.165, 1.54) is 12.1 Å². The van der Waals surface area contributed by atoms with Crippen LogP contribution in [0.15, 0.2) is 36.4 Å². The predicted octanol–water partition coefficient (Wildman–Crippen LogP) is 3.14. The summed E-state index contributed by atoms with van der Waals surface area (Å²) < 4.78 is 43.6. The molecule has 2 aliphatic rings. The minimum absolute atomic E-state index is 0.0677. The number of aryl methyl sites for hydroxylation is 1. The number of aliphatic carboxylic acids is 1. The summed E-state index contributed by atoms with van der Waals surface area (Å²) in [5.41, 5.74) is 2.93. The molecule has 1 saturated heterocycles. The second kappa shape index (κ2) is 9.51. The maximum atomic E-state index is 14.3. The lowest BCUT2D eigenvalue weighted by Gasteiger charge is -2.22. The topological polar surface area (TPSA) is 101 Å². The van der Waals surface area contributed by atoms with Gasteiger partial charge in [-0.3, -0.25) is 9.59 Å². The number of benzene rings is 2. The average Bonchev–Trinajstić information content (AvgIpc) is 3.34. The number of carboxylic acid groups (broad SMARTS) is 1. The summed E-state index contributed by atoms with van der Waals surface area (Å²) in [4.78, 5) is 25.4. The molecule has 1 amide bonds. The van der Waals surface area contributed by atoms with Gasteiger partial charge in [-0.15, -0.1) is 0 Å². The fourth-order valence-corrected chi connectivity index (χ4v) is 6.38. The van der Waals surface area contributed by atoms with Crippen LogP contribution >= 0.6 is 0 Å². The van der Waals surface area contributed by atoms with Crippen molar-refractivity contribution < 1.29 is 32.2 Å². The predicted molar refractivity (Wildman–Crippen MR) is 121 cm³/mol. The molecule has 0 bridgehead atoms. The van der Waals surface area contributed by atoms with Crippen molar-refractivity contribution in [3.8, 4) is 5.75 Å². The lowest BCUT2D eigenvalue weighted by atomic mass is 10.0. The van der Waals surface area contributed by atoms with Crippen molar-refractivity contribution in [1.29, 1.82) is 0 Å². The van der Waals surface area contributed by atoms with Gasteiger partial charge in [0.15, 0.2) is 9.84 Å². The van der Waals surface area contributed by atoms with Crippen molar-refractivity contribution in [1.82, 2.24) is 0 Å². The van der Waals surface area contributed by atoms with Crippen LogP contribution < -0.4 is 9.64 Å². The molecule has 2 aromatic rings. The van der Waals surface area contributed by atoms with E-state index in [-0.39, 0.29) is 49.2 Å². The number of carboxylic acids is 1. The first-order valence-electron chi connectivity index (χ1n) is 11.0. The zero-order valence-electron chi connectivity index (χ0n) is 18.1. The zero-order valence-corrected chi connectivity index (χ0v) is 18.9. The van der Waals surface area contributed by atoms with Gasteiger partial charge in [-0.2, -0.15) is 0 Å². The molecule has 1 unspecified atom stereocenters. The first-order chi connectivity index (χ1) is 15.7. The summed E-state index contributed by atoms with van der Waals surface area (Å²) in [5.74, 6) is -1.20. The smallest absolute Gasteiger partial charge is 0.303 e. The van der Waals surface area contributed by atoms with Crippen molar-refractivity contribution >= 4 is 27.4 Å². The standard InChI is InChI=1S/C24H26FNO6S/c25-21-13-20(6-4-17(21)5-7-23(28)29)32-14-19-3-1-2-18-8-10-26(24(18)19)22(27)12-16-9-11-33(30,31)15-16/h1-4,6,13,16H,5,7-12,14-15H2,(H,28,29). The van der Waals surface area contributed by atoms with Gasteiger partial charge in [0.05, 0.1) is 17.2 Å². The summed E-state index contributed by atoms with van der Waals surface area (Å²) in [6, 6.07) is 10.1. The molecule has 9 heteroatoms. The Hall–Kier alpha value is -2.94. The lowest BCUT2D eigenvalue weighted by Crippen LogP contribution is -2.31. The van der Waals surface area contributed by atoms with Crippen molar-refractivity contribution in [2.75, 3.05) is 23.0 Å². The molecule has 2 aromatic carbocycles. The first kappa shape index (κ1) is 23.2. The number of hydrogen-bond donors (Lipinski definition) is 1. The van der Waals surface area contributed by atoms with Crippen molar-refractivity contribution in [2.24, 2.45) is 5.92 Å². The number of sulfone groups is 1. The quantitative estimate of drug-likeness (QED) is 0.630. The van der Waals surface area contributed by atoms with Crippen molar-refractivity contribution in [2.45, 2.75) is 38.7 Å². The maximum absolute atomic E-state index is 14.3. The van der Waals surface area contributed by atoms with Gasteiger partial charge in [-0.1, -0.05) is 24.3 Å². The van der Waals surface area contributed by atoms with Crippen LogP contribution in [0.5, 0.6) is 5.75 Å². The highest BCUT2D eigenvalue weighted by Crippen LogP contribution is 2.34. The van der Waals surface area contributed by atoms with Crippen molar-refractivity contribution in [3.63, 3.8) is 0 Å². The number of carbonyl (C=O) groups is 2. The van der Waals surface area contributed by atoms with Gasteiger partial charge >= 0.3 is 5.97 Å². The molecule has 1 N–H and O–H groups in total. The number of rotatable bonds is 8. The number of fused-ring (bicyclic) bond motifs is 1. The van der Waals surface area contributed by atoms with Crippen LogP contribution in [0.2, 0.25) is 0 Å². The van der Waals surface area contributed by atoms with Gasteiger partial charge < -0.3 is 14.7 Å². The summed E-state index contributed by atoms with van der Waals surface area (Å²) >= 11 is 0. The molecule has 0 radical (unpaired) electrons. The third-order valence-corrected chi connectivity index (χ3v) is 8.03. The van der Waals surface area contributed by atoms with Crippen LogP contribution in [0.3, 0.4) is 0 Å². The minimum atomic E-state index is -3.04. The highest BCUT2D eigenvalue weighted by molar-refractivity contribution is 7.91. The van der Waals surface area contributed by atoms with Gasteiger partial charge in [0.1, 0.15) is 18.2 Å². The van der Waals surface area contributed by atoms with Crippen LogP contribution in [-0.2, 0) is 38.9 Å². The normalized spacial score (nSPS) is 18.8. The molecular weight excluding hydrogens is 449 g/mol. The van der Waals surface area contributed by atoms with Gasteiger partial charge in [-0.05, 0) is 42.4 Å². The van der Waals surface area contributed by atoms with Crippen LogP contribution in [0, 0.1) is 11.7 Å². The molecule has 0 spiro atoms. The highest BCUT2D eigenvalue weighted by Gasteiger charge is 2.33. The third-order valence-electron chi connectivity index (χ3n) is 6.20. The molecule has 176 valence electrons. The van der Waals surface area contributed by atoms with E-state index in [4.69, 9.17) is 9.84 Å². The van der Waals surface area contributed by atoms with E-state index in [9.17, 15) is 22.4 Å². The van der Waals surface area contributed by atoms with E-state index in [0.29, 0.717) is 30.7 Å². The summed E-state index contributed by atoms with van der Waals surface area (Å²) in [6.45, 7) is 0.677. The Balaban J connectivity index is 1.44. The van der Waals surface area contributed by atoms with E-state index in [1.807, 2.05) is 18.2 Å². The number of amides is 1. The molecule has 7 nitrogen and oxygen atoms in total. The van der Waals surface area contributed by atoms with E-state index in [2.05, 4.69) is 0 Å². The van der Waals surface area contributed by atoms with E-state index >= 15 is 0 Å². The molecular formula is C24H26FNO6S. The Bertz CT molecular complexity index is 1180. The molecule has 0 aromatic heterocycles. The van der Waals surface area contributed by atoms with Gasteiger partial charge in [-0.25, -0.2) is 12.8 Å². The Morgan fingerprint density at radius 2 is 2.00 bits per heavy atom. The van der Waals surface area contributed by atoms with E-state index in [0.717, 1.165) is 16.8 Å². The molecule has 2 heterocycles. The van der Waals surface area contributed by atoms with Crippen LogP contribution in [0.4, 0.5) is 10.1 Å². The third kappa shape index (κ3) is 5.52. The van der Waals surface area contributed by atoms with Gasteiger partial charge in [0.25, 0.3) is 0 Å². The maximum Gasteiger partial charge on any atom is 0.303 e. The number of para-hydroxylation sites is 1. The number of halogens is 1. The lowest BCUT2D eigenvalue weighted by molar-refractivity contribution is -0.137. The van der Waals surface area contributed by atoms with E-state index in [1.54, 1.807) is 11.0 Å². The monoisotopic (exact) mass is 475 g/mol. The molecule has 1 atom stereocenters. The number of carbonyl (C=O) groups excluding carboxylic acids is 1. The Kier molecular flexibility index (Phi) is 6.69. The molecule has 4 rings (SSSR count). The molecule has 2 aliphatic heterocycles. The molecule has 0 aliphatic carbocycles. The number of hydrogen-bond acceptors (Lipinski definition) is 5. The number of nitrogens with zero attached hydrogens (tertiary/aromatic N) is 1. The van der Waals surface area contributed by atoms with Gasteiger partial charge in [0, 0.05) is 31.0 Å². The summed E-state index contributed by atoms with van der Waals surface area (Å²) in [6.07, 6.45) is 1.39. The highest BCUT2D eigenvalue weighted by atomic mass is 32.2. The Morgan fingerprint density at radius 3 is 2.70 bits per heavy atom. The van der Waals surface area contributed by atoms with Crippen LogP contribution in [0.1, 0.15) is 36.0 Å². The first-order valence-corrected chi connectivity index (χ1v) is 12.8. The SMILES string of the molecule is O=C(O)CCc1ccc(OCc2cccc3c2N(C(=O)CC2CCS(=O)(=O)C2)CC3)cc1F. The largest absolute Gasteiger partial charge is 0.489 e. The summed E-state index contributed by atoms with van der Waals surface area (Å²) in [5, 5.41) is 8.77. The molecule has 0 saturated carbocycles.